The zero-order chi connectivity index (χ0) is 15.2. The molecule has 0 aliphatic rings. The SMILES string of the molecule is CCCc1c(CCC)c(CCC)n2ccnc2c1CCC. The van der Waals surface area contributed by atoms with Gasteiger partial charge in [-0.05, 0) is 42.4 Å². The monoisotopic (exact) mass is 286 g/mol. The van der Waals surface area contributed by atoms with E-state index in [0.717, 1.165) is 12.8 Å². The Balaban J connectivity index is 2.74. The molecule has 2 aromatic rings. The van der Waals surface area contributed by atoms with Crippen molar-refractivity contribution in [1.29, 1.82) is 0 Å². The van der Waals surface area contributed by atoms with Crippen LogP contribution in [0.4, 0.5) is 0 Å². The summed E-state index contributed by atoms with van der Waals surface area (Å²) in [6.45, 7) is 9.14. The van der Waals surface area contributed by atoms with Crippen LogP contribution in [0.3, 0.4) is 0 Å². The van der Waals surface area contributed by atoms with Crippen LogP contribution in [0.5, 0.6) is 0 Å². The standard InChI is InChI=1S/C19H30N2/c1-5-9-15-16(10-6-2)18(12-8-4)21-14-13-20-19(21)17(15)11-7-3/h13-14H,5-12H2,1-4H3. The molecule has 2 nitrogen and oxygen atoms in total. The second kappa shape index (κ2) is 7.63. The lowest BCUT2D eigenvalue weighted by atomic mass is 9.90. The third-order valence-electron chi connectivity index (χ3n) is 4.27. The molecule has 0 aliphatic carbocycles. The summed E-state index contributed by atoms with van der Waals surface area (Å²) >= 11 is 0. The topological polar surface area (TPSA) is 17.3 Å². The Morgan fingerprint density at radius 2 is 1.33 bits per heavy atom. The van der Waals surface area contributed by atoms with Gasteiger partial charge < -0.3 is 4.40 Å². The van der Waals surface area contributed by atoms with Gasteiger partial charge in [-0.1, -0.05) is 53.4 Å². The summed E-state index contributed by atoms with van der Waals surface area (Å²) in [5.41, 5.74) is 7.46. The molecule has 0 spiro atoms. The minimum atomic E-state index is 1.15. The fourth-order valence-electron chi connectivity index (χ4n) is 3.50. The van der Waals surface area contributed by atoms with E-state index in [1.165, 1.54) is 55.4 Å². The average Bonchev–Trinajstić information content (AvgIpc) is 2.95. The van der Waals surface area contributed by atoms with Crippen molar-refractivity contribution in [3.8, 4) is 0 Å². The van der Waals surface area contributed by atoms with Crippen LogP contribution in [0.1, 0.15) is 75.8 Å². The Kier molecular flexibility index (Phi) is 5.84. The van der Waals surface area contributed by atoms with Gasteiger partial charge in [-0.15, -0.1) is 0 Å². The van der Waals surface area contributed by atoms with Crippen LogP contribution in [0.25, 0.3) is 5.65 Å². The first-order chi connectivity index (χ1) is 10.3. The molecule has 0 fully saturated rings. The highest BCUT2D eigenvalue weighted by atomic mass is 15.0. The molecular formula is C19H30N2. The second-order valence-corrected chi connectivity index (χ2v) is 6.00. The Morgan fingerprint density at radius 3 is 1.95 bits per heavy atom. The fraction of sp³-hybridized carbons (Fsp3) is 0.632. The summed E-state index contributed by atoms with van der Waals surface area (Å²) in [5, 5.41) is 0. The molecule has 0 atom stereocenters. The molecule has 0 unspecified atom stereocenters. The van der Waals surface area contributed by atoms with E-state index in [0.29, 0.717) is 0 Å². The van der Waals surface area contributed by atoms with Gasteiger partial charge in [0, 0.05) is 18.1 Å². The van der Waals surface area contributed by atoms with Crippen LogP contribution in [0.2, 0.25) is 0 Å². The Bertz CT molecular complexity index is 531. The van der Waals surface area contributed by atoms with Crippen molar-refractivity contribution in [2.45, 2.75) is 79.1 Å². The third-order valence-corrected chi connectivity index (χ3v) is 4.27. The normalized spacial score (nSPS) is 11.4. The lowest BCUT2D eigenvalue weighted by molar-refractivity contribution is 0.768. The molecule has 0 radical (unpaired) electrons. The van der Waals surface area contributed by atoms with Crippen LogP contribution in [0.15, 0.2) is 12.4 Å². The maximum absolute atomic E-state index is 4.69. The van der Waals surface area contributed by atoms with Crippen LogP contribution >= 0.6 is 0 Å². The number of aryl methyl sites for hydroxylation is 2. The van der Waals surface area contributed by atoms with E-state index in [4.69, 9.17) is 0 Å². The molecule has 2 rings (SSSR count). The molecule has 0 bridgehead atoms. The quantitative estimate of drug-likeness (QED) is 0.656. The highest BCUT2D eigenvalue weighted by molar-refractivity contribution is 5.57. The number of rotatable bonds is 8. The van der Waals surface area contributed by atoms with Gasteiger partial charge in [0.15, 0.2) is 0 Å². The highest BCUT2D eigenvalue weighted by Gasteiger charge is 2.18. The van der Waals surface area contributed by atoms with Crippen molar-refractivity contribution < 1.29 is 0 Å². The van der Waals surface area contributed by atoms with E-state index < -0.39 is 0 Å². The lowest BCUT2D eigenvalue weighted by Crippen LogP contribution is -2.11. The van der Waals surface area contributed by atoms with E-state index in [-0.39, 0.29) is 0 Å². The van der Waals surface area contributed by atoms with Gasteiger partial charge in [-0.3, -0.25) is 0 Å². The van der Waals surface area contributed by atoms with Gasteiger partial charge >= 0.3 is 0 Å². The highest BCUT2D eigenvalue weighted by Crippen LogP contribution is 2.28. The van der Waals surface area contributed by atoms with E-state index in [2.05, 4.69) is 43.3 Å². The average molecular weight is 286 g/mol. The first-order valence-corrected chi connectivity index (χ1v) is 8.76. The molecule has 0 N–H and O–H groups in total. The zero-order valence-corrected chi connectivity index (χ0v) is 14.2. The molecule has 0 aromatic carbocycles. The smallest absolute Gasteiger partial charge is 0.140 e. The van der Waals surface area contributed by atoms with E-state index >= 15 is 0 Å². The van der Waals surface area contributed by atoms with Gasteiger partial charge in [-0.2, -0.15) is 0 Å². The maximum Gasteiger partial charge on any atom is 0.140 e. The van der Waals surface area contributed by atoms with E-state index in [1.54, 1.807) is 11.1 Å². The van der Waals surface area contributed by atoms with Gasteiger partial charge in [0.25, 0.3) is 0 Å². The van der Waals surface area contributed by atoms with Crippen molar-refractivity contribution in [3.05, 3.63) is 34.8 Å². The Labute approximate surface area is 129 Å². The van der Waals surface area contributed by atoms with Crippen molar-refractivity contribution in [2.75, 3.05) is 0 Å². The number of fused-ring (bicyclic) bond motifs is 1. The lowest BCUT2D eigenvalue weighted by Gasteiger charge is -2.21. The zero-order valence-electron chi connectivity index (χ0n) is 14.2. The number of hydrogen-bond donors (Lipinski definition) is 0. The summed E-state index contributed by atoms with van der Waals surface area (Å²) in [7, 11) is 0. The van der Waals surface area contributed by atoms with Crippen molar-refractivity contribution in [3.63, 3.8) is 0 Å². The largest absolute Gasteiger partial charge is 0.304 e. The van der Waals surface area contributed by atoms with Gasteiger partial charge in [-0.25, -0.2) is 4.98 Å². The van der Waals surface area contributed by atoms with Crippen LogP contribution < -0.4 is 0 Å². The molecule has 2 heteroatoms. The molecule has 2 aromatic heterocycles. The molecule has 0 saturated carbocycles. The number of imidazole rings is 1. The first-order valence-electron chi connectivity index (χ1n) is 8.76. The van der Waals surface area contributed by atoms with E-state index in [9.17, 15) is 0 Å². The summed E-state index contributed by atoms with van der Waals surface area (Å²) in [6.07, 6.45) is 13.7. The molecular weight excluding hydrogens is 256 g/mol. The summed E-state index contributed by atoms with van der Waals surface area (Å²) in [4.78, 5) is 4.69. The minimum absolute atomic E-state index is 1.15. The summed E-state index contributed by atoms with van der Waals surface area (Å²) in [5.74, 6) is 0. The summed E-state index contributed by atoms with van der Waals surface area (Å²) < 4.78 is 2.37. The maximum atomic E-state index is 4.69. The van der Waals surface area contributed by atoms with E-state index in [1.807, 2.05) is 6.20 Å². The molecule has 0 amide bonds. The first kappa shape index (κ1) is 16.1. The summed E-state index contributed by atoms with van der Waals surface area (Å²) in [6, 6.07) is 0. The number of nitrogens with zero attached hydrogens (tertiary/aromatic N) is 2. The van der Waals surface area contributed by atoms with Crippen molar-refractivity contribution >= 4 is 5.65 Å². The Morgan fingerprint density at radius 1 is 0.762 bits per heavy atom. The minimum Gasteiger partial charge on any atom is -0.304 e. The number of aromatic nitrogens is 2. The molecule has 2 heterocycles. The Hall–Kier alpha value is -1.31. The van der Waals surface area contributed by atoms with Crippen molar-refractivity contribution in [2.24, 2.45) is 0 Å². The van der Waals surface area contributed by atoms with Crippen LogP contribution in [-0.4, -0.2) is 9.38 Å². The van der Waals surface area contributed by atoms with Gasteiger partial charge in [0.2, 0.25) is 0 Å². The predicted octanol–water partition coefficient (Wildman–Crippen LogP) is 5.14. The number of pyridine rings is 1. The molecule has 21 heavy (non-hydrogen) atoms. The van der Waals surface area contributed by atoms with Crippen LogP contribution in [0, 0.1) is 0 Å². The van der Waals surface area contributed by atoms with Crippen molar-refractivity contribution in [1.82, 2.24) is 9.38 Å². The van der Waals surface area contributed by atoms with Gasteiger partial charge in [0.1, 0.15) is 5.65 Å². The molecule has 0 aliphatic heterocycles. The molecule has 0 saturated heterocycles. The number of hydrogen-bond acceptors (Lipinski definition) is 1. The predicted molar refractivity (Wildman–Crippen MR) is 91.2 cm³/mol. The fourth-order valence-corrected chi connectivity index (χ4v) is 3.50. The van der Waals surface area contributed by atoms with Crippen LogP contribution in [-0.2, 0) is 25.7 Å². The van der Waals surface area contributed by atoms with Gasteiger partial charge in [0.05, 0.1) is 0 Å². The second-order valence-electron chi connectivity index (χ2n) is 6.00. The third kappa shape index (κ3) is 3.14. The molecule has 116 valence electrons.